The van der Waals surface area contributed by atoms with Gasteiger partial charge in [-0.25, -0.2) is 9.67 Å². The number of aromatic nitrogens is 3. The highest BCUT2D eigenvalue weighted by Gasteiger charge is 2.12. The zero-order valence-corrected chi connectivity index (χ0v) is 11.3. The zero-order chi connectivity index (χ0) is 14.0. The molecule has 3 N–H and O–H groups in total. The van der Waals surface area contributed by atoms with Gasteiger partial charge >= 0.3 is 0 Å². The lowest BCUT2D eigenvalue weighted by molar-refractivity contribution is 0.102. The van der Waals surface area contributed by atoms with Gasteiger partial charge in [-0.15, -0.1) is 0 Å². The van der Waals surface area contributed by atoms with E-state index < -0.39 is 0 Å². The van der Waals surface area contributed by atoms with Gasteiger partial charge in [0.05, 0.1) is 16.8 Å². The molecule has 0 atom stereocenters. The number of anilines is 2. The molecule has 0 radical (unpaired) electrons. The van der Waals surface area contributed by atoms with Crippen LogP contribution in [0, 0.1) is 0 Å². The summed E-state index contributed by atoms with van der Waals surface area (Å²) in [5, 5.41) is 7.15. The highest BCUT2D eigenvalue weighted by Crippen LogP contribution is 2.18. The topological polar surface area (TPSA) is 85.8 Å². The van der Waals surface area contributed by atoms with Crippen LogP contribution in [0.2, 0.25) is 5.02 Å². The van der Waals surface area contributed by atoms with E-state index in [-0.39, 0.29) is 22.8 Å². The van der Waals surface area contributed by atoms with Crippen molar-refractivity contribution in [3.63, 3.8) is 0 Å². The summed E-state index contributed by atoms with van der Waals surface area (Å²) in [5.41, 5.74) is 5.84. The second-order valence-corrected chi connectivity index (χ2v) is 4.71. The van der Waals surface area contributed by atoms with Crippen molar-refractivity contribution in [2.24, 2.45) is 0 Å². The van der Waals surface area contributed by atoms with Crippen LogP contribution < -0.4 is 11.1 Å². The number of nitrogen functional groups attached to an aromatic ring is 1. The van der Waals surface area contributed by atoms with Crippen molar-refractivity contribution in [3.05, 3.63) is 35.1 Å². The lowest BCUT2D eigenvalue weighted by Gasteiger charge is -2.11. The molecule has 2 aromatic rings. The Bertz CT molecular complexity index is 608. The van der Waals surface area contributed by atoms with Crippen LogP contribution in [-0.4, -0.2) is 20.7 Å². The molecule has 0 saturated heterocycles. The second-order valence-electron chi connectivity index (χ2n) is 4.30. The molecule has 2 heterocycles. The van der Waals surface area contributed by atoms with E-state index in [2.05, 4.69) is 15.4 Å². The maximum atomic E-state index is 12.1. The Morgan fingerprint density at radius 1 is 1.53 bits per heavy atom. The summed E-state index contributed by atoms with van der Waals surface area (Å²) >= 11 is 5.84. The molecule has 0 bridgehead atoms. The molecule has 2 rings (SSSR count). The Morgan fingerprint density at radius 3 is 2.89 bits per heavy atom. The van der Waals surface area contributed by atoms with Gasteiger partial charge in [0.25, 0.3) is 5.91 Å². The molecule has 0 aliphatic heterocycles. The van der Waals surface area contributed by atoms with Crippen LogP contribution in [-0.2, 0) is 0 Å². The quantitative estimate of drug-likeness (QED) is 0.903. The van der Waals surface area contributed by atoms with E-state index in [9.17, 15) is 4.79 Å². The first-order valence-corrected chi connectivity index (χ1v) is 6.12. The first-order chi connectivity index (χ1) is 8.99. The number of nitrogens with zero attached hydrogens (tertiary/aromatic N) is 3. The highest BCUT2D eigenvalue weighted by molar-refractivity contribution is 6.33. The third-order valence-corrected chi connectivity index (χ3v) is 2.84. The number of hydrogen-bond acceptors (Lipinski definition) is 4. The third-order valence-electron chi connectivity index (χ3n) is 2.53. The van der Waals surface area contributed by atoms with E-state index in [1.165, 1.54) is 12.3 Å². The maximum Gasteiger partial charge on any atom is 0.258 e. The van der Waals surface area contributed by atoms with E-state index in [0.717, 1.165) is 0 Å². The second kappa shape index (κ2) is 5.27. The molecule has 0 aromatic carbocycles. The molecule has 1 amide bonds. The Morgan fingerprint density at radius 2 is 2.26 bits per heavy atom. The van der Waals surface area contributed by atoms with Crippen LogP contribution in [0.25, 0.3) is 0 Å². The first kappa shape index (κ1) is 13.4. The molecular weight excluding hydrogens is 266 g/mol. The zero-order valence-electron chi connectivity index (χ0n) is 10.6. The summed E-state index contributed by atoms with van der Waals surface area (Å²) in [6.07, 6.45) is 3.01. The molecule has 0 fully saturated rings. The third kappa shape index (κ3) is 2.85. The molecular formula is C12H14ClN5O. The van der Waals surface area contributed by atoms with E-state index in [1.54, 1.807) is 16.9 Å². The van der Waals surface area contributed by atoms with Crippen LogP contribution in [0.1, 0.15) is 30.2 Å². The summed E-state index contributed by atoms with van der Waals surface area (Å²) in [5.74, 6) is 0.509. The standard InChI is InChI=1S/C12H14ClN5O/c1-7(2)18-10(3-4-16-18)17-12(19)8-5-9(13)11(14)15-6-8/h3-7H,1-2H3,(H2,14,15)(H,17,19). The van der Waals surface area contributed by atoms with Gasteiger partial charge in [-0.05, 0) is 19.9 Å². The summed E-state index contributed by atoms with van der Waals surface area (Å²) in [4.78, 5) is 15.9. The van der Waals surface area contributed by atoms with Crippen LogP contribution >= 0.6 is 11.6 Å². The van der Waals surface area contributed by atoms with Crippen LogP contribution in [0.4, 0.5) is 11.6 Å². The Kier molecular flexibility index (Phi) is 3.71. The van der Waals surface area contributed by atoms with E-state index in [0.29, 0.717) is 11.4 Å². The Hall–Kier alpha value is -2.08. The number of nitrogens with one attached hydrogen (secondary N) is 1. The van der Waals surface area contributed by atoms with Crippen molar-refractivity contribution < 1.29 is 4.79 Å². The van der Waals surface area contributed by atoms with Gasteiger partial charge in [-0.3, -0.25) is 4.79 Å². The molecule has 0 saturated carbocycles. The van der Waals surface area contributed by atoms with Gasteiger partial charge in [-0.1, -0.05) is 11.6 Å². The number of carbonyl (C=O) groups excluding carboxylic acids is 1. The lowest BCUT2D eigenvalue weighted by atomic mass is 10.2. The van der Waals surface area contributed by atoms with Crippen molar-refractivity contribution in [2.75, 3.05) is 11.1 Å². The fraction of sp³-hybridized carbons (Fsp3) is 0.250. The van der Waals surface area contributed by atoms with Crippen molar-refractivity contribution in [1.29, 1.82) is 0 Å². The minimum atomic E-state index is -0.309. The molecule has 2 aromatic heterocycles. The van der Waals surface area contributed by atoms with Crippen molar-refractivity contribution in [1.82, 2.24) is 14.8 Å². The first-order valence-electron chi connectivity index (χ1n) is 5.75. The SMILES string of the molecule is CC(C)n1nccc1NC(=O)c1cnc(N)c(Cl)c1. The smallest absolute Gasteiger partial charge is 0.258 e. The minimum Gasteiger partial charge on any atom is -0.382 e. The van der Waals surface area contributed by atoms with E-state index >= 15 is 0 Å². The van der Waals surface area contributed by atoms with Gasteiger partial charge in [0.1, 0.15) is 11.6 Å². The number of pyridine rings is 1. The average molecular weight is 280 g/mol. The number of amides is 1. The largest absolute Gasteiger partial charge is 0.382 e. The summed E-state index contributed by atoms with van der Waals surface area (Å²) in [6, 6.07) is 3.36. The van der Waals surface area contributed by atoms with Crippen molar-refractivity contribution in [3.8, 4) is 0 Å². The predicted molar refractivity (Wildman–Crippen MR) is 74.2 cm³/mol. The number of halogens is 1. The van der Waals surface area contributed by atoms with Gasteiger partial charge in [0, 0.05) is 18.3 Å². The summed E-state index contributed by atoms with van der Waals surface area (Å²) in [6.45, 7) is 3.95. The molecule has 0 unspecified atom stereocenters. The van der Waals surface area contributed by atoms with Crippen molar-refractivity contribution in [2.45, 2.75) is 19.9 Å². The molecule has 7 heteroatoms. The molecule has 6 nitrogen and oxygen atoms in total. The fourth-order valence-corrected chi connectivity index (χ4v) is 1.75. The molecule has 100 valence electrons. The number of carbonyl (C=O) groups is 1. The summed E-state index contributed by atoms with van der Waals surface area (Å²) in [7, 11) is 0. The molecule has 0 aliphatic rings. The molecule has 0 spiro atoms. The average Bonchev–Trinajstić information content (AvgIpc) is 2.80. The lowest BCUT2D eigenvalue weighted by Crippen LogP contribution is -2.17. The number of rotatable bonds is 3. The number of nitrogens with two attached hydrogens (primary N) is 1. The Balaban J connectivity index is 2.21. The monoisotopic (exact) mass is 279 g/mol. The minimum absolute atomic E-state index is 0.151. The van der Waals surface area contributed by atoms with Crippen LogP contribution in [0.5, 0.6) is 0 Å². The van der Waals surface area contributed by atoms with Gasteiger partial charge < -0.3 is 11.1 Å². The van der Waals surface area contributed by atoms with Gasteiger partial charge in [0.2, 0.25) is 0 Å². The van der Waals surface area contributed by atoms with E-state index in [1.807, 2.05) is 13.8 Å². The normalized spacial score (nSPS) is 10.7. The van der Waals surface area contributed by atoms with E-state index in [4.69, 9.17) is 17.3 Å². The van der Waals surface area contributed by atoms with Crippen LogP contribution in [0.15, 0.2) is 24.5 Å². The maximum absolute atomic E-state index is 12.1. The molecule has 19 heavy (non-hydrogen) atoms. The van der Waals surface area contributed by atoms with Crippen LogP contribution in [0.3, 0.4) is 0 Å². The van der Waals surface area contributed by atoms with Gasteiger partial charge in [-0.2, -0.15) is 5.10 Å². The number of hydrogen-bond donors (Lipinski definition) is 2. The van der Waals surface area contributed by atoms with Crippen molar-refractivity contribution >= 4 is 29.1 Å². The summed E-state index contributed by atoms with van der Waals surface area (Å²) < 4.78 is 1.71. The highest BCUT2D eigenvalue weighted by atomic mass is 35.5. The Labute approximate surface area is 115 Å². The fourth-order valence-electron chi connectivity index (χ4n) is 1.59. The molecule has 0 aliphatic carbocycles. The predicted octanol–water partition coefficient (Wildman–Crippen LogP) is 2.35. The van der Waals surface area contributed by atoms with Gasteiger partial charge in [0.15, 0.2) is 0 Å².